The first kappa shape index (κ1) is 24.8. The van der Waals surface area contributed by atoms with Crippen LogP contribution in [-0.2, 0) is 9.22 Å². The molecule has 1 fully saturated rings. The molecule has 0 saturated carbocycles. The van der Waals surface area contributed by atoms with Gasteiger partial charge in [-0.15, -0.1) is 0 Å². The largest absolute Gasteiger partial charge is 0.493 e. The molecule has 1 aromatic carbocycles. The van der Waals surface area contributed by atoms with Crippen LogP contribution in [0.3, 0.4) is 0 Å². The molecule has 2 unspecified atom stereocenters. The van der Waals surface area contributed by atoms with Crippen LogP contribution in [0.2, 0.25) is 18.1 Å². The molecule has 0 radical (unpaired) electrons. The minimum Gasteiger partial charge on any atom is -0.493 e. The van der Waals surface area contributed by atoms with Gasteiger partial charge in [-0.1, -0.05) is 20.8 Å². The second-order valence-corrected chi connectivity index (χ2v) is 14.1. The molecule has 172 valence electrons. The van der Waals surface area contributed by atoms with E-state index in [-0.39, 0.29) is 52.9 Å². The van der Waals surface area contributed by atoms with Crippen LogP contribution < -0.4 is 9.47 Å². The minimum absolute atomic E-state index is 0.00730. The average molecular weight is 453 g/mol. The molecule has 0 N–H and O–H groups in total. The number of hydrogen-bond donors (Lipinski definition) is 0. The zero-order valence-corrected chi connectivity index (χ0v) is 20.3. The first-order valence-electron chi connectivity index (χ1n) is 10.2. The topological polar surface area (TPSA) is 108 Å². The number of carbonyl (C=O) groups excluding carboxylic acids is 2. The third-order valence-electron chi connectivity index (χ3n) is 6.27. The Morgan fingerprint density at radius 1 is 1.26 bits per heavy atom. The summed E-state index contributed by atoms with van der Waals surface area (Å²) in [5, 5.41) is 11.6. The van der Waals surface area contributed by atoms with Gasteiger partial charge in [-0.05, 0) is 24.6 Å². The van der Waals surface area contributed by atoms with E-state index in [2.05, 4.69) is 33.9 Å². The Hall–Kier alpha value is -2.46. The fourth-order valence-corrected chi connectivity index (χ4v) is 4.37. The third kappa shape index (κ3) is 5.24. The zero-order valence-electron chi connectivity index (χ0n) is 19.3. The van der Waals surface area contributed by atoms with Crippen LogP contribution in [0.15, 0.2) is 12.1 Å². The number of rotatable bonds is 8. The molecule has 1 heterocycles. The highest BCUT2D eigenvalue weighted by molar-refractivity contribution is 6.74. The lowest BCUT2D eigenvalue weighted by atomic mass is 10.1. The number of nitro groups is 1. The third-order valence-corrected chi connectivity index (χ3v) is 10.8. The van der Waals surface area contributed by atoms with Crippen LogP contribution in [0.4, 0.5) is 5.69 Å². The fraction of sp³-hybridized carbons (Fsp3) is 0.619. The van der Waals surface area contributed by atoms with E-state index in [9.17, 15) is 19.7 Å². The van der Waals surface area contributed by atoms with Crippen LogP contribution in [0.5, 0.6) is 11.5 Å². The second kappa shape index (κ2) is 9.35. The number of methoxy groups -OCH3 is 2. The minimum atomic E-state index is -2.08. The molecule has 2 atom stereocenters. The number of nitro benzene ring substituents is 1. The van der Waals surface area contributed by atoms with Gasteiger partial charge in [0.2, 0.25) is 0 Å². The lowest BCUT2D eigenvalue weighted by Crippen LogP contribution is -2.46. The van der Waals surface area contributed by atoms with Gasteiger partial charge in [0.05, 0.1) is 37.9 Å². The molecule has 10 heteroatoms. The summed E-state index contributed by atoms with van der Waals surface area (Å²) in [4.78, 5) is 37.4. The smallest absolute Gasteiger partial charge is 0.286 e. The molecular formula is C21H32N2O7Si. The molecule has 1 aliphatic heterocycles. The van der Waals surface area contributed by atoms with Gasteiger partial charge in [0.25, 0.3) is 11.6 Å². The van der Waals surface area contributed by atoms with Crippen molar-refractivity contribution in [2.45, 2.75) is 51.4 Å². The van der Waals surface area contributed by atoms with Crippen molar-refractivity contribution in [2.24, 2.45) is 5.92 Å². The van der Waals surface area contributed by atoms with Crippen molar-refractivity contribution in [3.8, 4) is 11.5 Å². The summed E-state index contributed by atoms with van der Waals surface area (Å²) >= 11 is 0. The molecule has 0 aromatic heterocycles. The molecule has 31 heavy (non-hydrogen) atoms. The average Bonchev–Trinajstić information content (AvgIpc) is 3.13. The lowest BCUT2D eigenvalue weighted by molar-refractivity contribution is -0.385. The van der Waals surface area contributed by atoms with Gasteiger partial charge in [-0.2, -0.15) is 0 Å². The summed E-state index contributed by atoms with van der Waals surface area (Å²) in [6.07, 6.45) is 1.29. The number of hydrogen-bond acceptors (Lipinski definition) is 7. The first-order chi connectivity index (χ1) is 14.4. The Morgan fingerprint density at radius 2 is 1.84 bits per heavy atom. The lowest BCUT2D eigenvalue weighted by Gasteiger charge is -2.38. The van der Waals surface area contributed by atoms with Gasteiger partial charge in [0.15, 0.2) is 19.8 Å². The molecule has 9 nitrogen and oxygen atoms in total. The Bertz CT molecular complexity index is 851. The van der Waals surface area contributed by atoms with Crippen molar-refractivity contribution in [2.75, 3.05) is 27.4 Å². The normalized spacial score (nSPS) is 19.3. The van der Waals surface area contributed by atoms with Crippen molar-refractivity contribution in [1.82, 2.24) is 4.90 Å². The highest BCUT2D eigenvalue weighted by atomic mass is 28.4. The van der Waals surface area contributed by atoms with Crippen LogP contribution in [0.25, 0.3) is 0 Å². The van der Waals surface area contributed by atoms with E-state index < -0.39 is 19.1 Å². The van der Waals surface area contributed by atoms with E-state index in [1.165, 1.54) is 31.3 Å². The summed E-state index contributed by atoms with van der Waals surface area (Å²) in [5.41, 5.74) is -0.479. The quantitative estimate of drug-likeness (QED) is 0.256. The SMILES string of the molecule is COc1cc(C(=O)N2CC(C=O)CC2CO[Si](C)(C)C(C)(C)C)c([N+](=O)[O-])cc1OC. The van der Waals surface area contributed by atoms with Gasteiger partial charge < -0.3 is 23.6 Å². The number of ether oxygens (including phenoxy) is 2. The number of aldehydes is 1. The Labute approximate surface area is 183 Å². The maximum atomic E-state index is 13.4. The van der Waals surface area contributed by atoms with Crippen molar-refractivity contribution in [1.29, 1.82) is 0 Å². The van der Waals surface area contributed by atoms with Crippen molar-refractivity contribution < 1.29 is 28.4 Å². The number of carbonyl (C=O) groups is 2. The molecule has 0 aliphatic carbocycles. The second-order valence-electron chi connectivity index (χ2n) is 9.30. The van der Waals surface area contributed by atoms with E-state index in [1.807, 2.05) is 0 Å². The highest BCUT2D eigenvalue weighted by Gasteiger charge is 2.42. The van der Waals surface area contributed by atoms with Crippen LogP contribution in [-0.4, -0.2) is 63.7 Å². The number of nitrogens with zero attached hydrogens (tertiary/aromatic N) is 2. The van der Waals surface area contributed by atoms with E-state index in [1.54, 1.807) is 0 Å². The predicted molar refractivity (Wildman–Crippen MR) is 118 cm³/mol. The van der Waals surface area contributed by atoms with Crippen LogP contribution in [0, 0.1) is 16.0 Å². The van der Waals surface area contributed by atoms with Crippen molar-refractivity contribution in [3.05, 3.63) is 27.8 Å². The summed E-state index contributed by atoms with van der Waals surface area (Å²) < 4.78 is 16.7. The van der Waals surface area contributed by atoms with E-state index in [4.69, 9.17) is 13.9 Å². The monoisotopic (exact) mass is 452 g/mol. The standard InChI is InChI=1S/C21H32N2O7Si/c1-21(2,3)31(6,7)30-13-15-8-14(12-24)11-22(15)20(25)16-9-18(28-4)19(29-5)10-17(16)23(26)27/h9-10,12,14-15H,8,11,13H2,1-7H3. The summed E-state index contributed by atoms with van der Waals surface area (Å²) in [6.45, 7) is 11.1. The van der Waals surface area contributed by atoms with Crippen LogP contribution in [0.1, 0.15) is 37.6 Å². The molecule has 1 aromatic rings. The van der Waals surface area contributed by atoms with Gasteiger partial charge in [0, 0.05) is 18.5 Å². The Morgan fingerprint density at radius 3 is 2.32 bits per heavy atom. The summed E-state index contributed by atoms with van der Waals surface area (Å²) in [5.74, 6) is -0.482. The Kier molecular flexibility index (Phi) is 7.48. The molecule has 1 amide bonds. The summed E-state index contributed by atoms with van der Waals surface area (Å²) in [7, 11) is 0.687. The molecule has 2 rings (SSSR count). The van der Waals surface area contributed by atoms with Crippen molar-refractivity contribution in [3.63, 3.8) is 0 Å². The summed E-state index contributed by atoms with van der Waals surface area (Å²) in [6, 6.07) is 2.16. The first-order valence-corrected chi connectivity index (χ1v) is 13.1. The Balaban J connectivity index is 2.39. The van der Waals surface area contributed by atoms with E-state index >= 15 is 0 Å². The molecule has 0 spiro atoms. The maximum Gasteiger partial charge on any atom is 0.286 e. The molecule has 1 saturated heterocycles. The van der Waals surface area contributed by atoms with Gasteiger partial charge in [-0.25, -0.2) is 0 Å². The van der Waals surface area contributed by atoms with Crippen molar-refractivity contribution >= 4 is 26.2 Å². The molecule has 1 aliphatic rings. The zero-order chi connectivity index (χ0) is 23.6. The molecular weight excluding hydrogens is 420 g/mol. The highest BCUT2D eigenvalue weighted by Crippen LogP contribution is 2.39. The number of benzene rings is 1. The van der Waals surface area contributed by atoms with Gasteiger partial charge in [-0.3, -0.25) is 14.9 Å². The van der Waals surface area contributed by atoms with Crippen LogP contribution >= 0.6 is 0 Å². The maximum absolute atomic E-state index is 13.4. The fourth-order valence-electron chi connectivity index (χ4n) is 3.32. The number of amides is 1. The van der Waals surface area contributed by atoms with Gasteiger partial charge in [0.1, 0.15) is 11.8 Å². The van der Waals surface area contributed by atoms with E-state index in [0.29, 0.717) is 6.42 Å². The predicted octanol–water partition coefficient (Wildman–Crippen LogP) is 3.66. The number of likely N-dealkylation sites (tertiary alicyclic amines) is 1. The van der Waals surface area contributed by atoms with E-state index in [0.717, 1.165) is 6.29 Å². The van der Waals surface area contributed by atoms with Gasteiger partial charge >= 0.3 is 0 Å². The molecule has 0 bridgehead atoms.